The molecule has 0 saturated heterocycles. The van der Waals surface area contributed by atoms with Crippen LogP contribution in [0.5, 0.6) is 0 Å². The lowest BCUT2D eigenvalue weighted by atomic mass is 10.1. The van der Waals surface area contributed by atoms with Crippen LogP contribution < -0.4 is 16.9 Å². The Hall–Kier alpha value is -2.82. The summed E-state index contributed by atoms with van der Waals surface area (Å²) in [7, 11) is 0. The average Bonchev–Trinajstić information content (AvgIpc) is 2.51. The Morgan fingerprint density at radius 1 is 0.964 bits per heavy atom. The Kier molecular flexibility index (Phi) is 14.3. The molecule has 2 atom stereocenters. The topological polar surface area (TPSA) is 209 Å². The van der Waals surface area contributed by atoms with Crippen LogP contribution in [-0.2, 0) is 14.4 Å². The molecule has 0 unspecified atom stereocenters. The van der Waals surface area contributed by atoms with Crippen LogP contribution >= 0.6 is 0 Å². The number of hydrogen-bond donors (Lipinski definition) is 7. The predicted octanol–water partition coefficient (Wildman–Crippen LogP) is 0.127. The van der Waals surface area contributed by atoms with E-state index in [1.807, 2.05) is 0 Å². The third-order valence-corrected chi connectivity index (χ3v) is 2.17. The summed E-state index contributed by atoms with van der Waals surface area (Å²) in [5.41, 5.74) is 12.2. The first-order chi connectivity index (χ1) is 12.4. The molecule has 0 aromatic carbocycles. The van der Waals surface area contributed by atoms with Crippen molar-refractivity contribution in [3.05, 3.63) is 0 Å². The maximum atomic E-state index is 10.6. The lowest BCUT2D eigenvalue weighted by Gasteiger charge is -2.09. The third kappa shape index (κ3) is 19.5. The van der Waals surface area contributed by atoms with Crippen molar-refractivity contribution in [3.8, 4) is 0 Å². The molecule has 0 aromatic rings. The molecule has 17 heteroatoms. The standard InChI is InChI=1S/C7H16N4O3.2C2HF3O2/c1-4(10-7(9)11-14)2-3-5(8)6(12)13;2*3-2(4,5)1(6)7/h4-5,14H,2-3,8H2,1H3,(H,12,13)(H3,9,10,11);2*(H,6,7)/t4-,5+;;/m1../s1. The van der Waals surface area contributed by atoms with Gasteiger partial charge in [0.15, 0.2) is 0 Å². The number of nitrogens with one attached hydrogen (secondary N) is 1. The van der Waals surface area contributed by atoms with Crippen molar-refractivity contribution in [1.82, 2.24) is 5.48 Å². The molecule has 11 nitrogen and oxygen atoms in total. The summed E-state index contributed by atoms with van der Waals surface area (Å²) < 4.78 is 63.5. The molecule has 0 fully saturated rings. The van der Waals surface area contributed by atoms with E-state index in [0.29, 0.717) is 12.8 Å². The Morgan fingerprint density at radius 3 is 1.50 bits per heavy atom. The van der Waals surface area contributed by atoms with Gasteiger partial charge in [-0.2, -0.15) is 26.3 Å². The maximum Gasteiger partial charge on any atom is 0.490 e. The van der Waals surface area contributed by atoms with Crippen LogP contribution in [0.25, 0.3) is 0 Å². The van der Waals surface area contributed by atoms with E-state index in [4.69, 9.17) is 41.6 Å². The molecule has 0 aliphatic carbocycles. The summed E-state index contributed by atoms with van der Waals surface area (Å²) >= 11 is 0. The van der Waals surface area contributed by atoms with E-state index in [1.54, 1.807) is 12.4 Å². The third-order valence-electron chi connectivity index (χ3n) is 2.17. The summed E-state index contributed by atoms with van der Waals surface area (Å²) in [6.07, 6.45) is -9.35. The van der Waals surface area contributed by atoms with Gasteiger partial charge in [-0.05, 0) is 19.8 Å². The number of hydroxylamine groups is 1. The molecule has 9 N–H and O–H groups in total. The molecule has 0 amide bonds. The highest BCUT2D eigenvalue weighted by molar-refractivity contribution is 5.76. The van der Waals surface area contributed by atoms with Crippen LogP contribution in [0.15, 0.2) is 4.99 Å². The van der Waals surface area contributed by atoms with Crippen molar-refractivity contribution in [1.29, 1.82) is 0 Å². The summed E-state index contributed by atoms with van der Waals surface area (Å²) in [6.45, 7) is 1.75. The number of aliphatic carboxylic acids is 3. The quantitative estimate of drug-likeness (QED) is 0.135. The first kappa shape index (κ1) is 29.9. The van der Waals surface area contributed by atoms with Crippen LogP contribution in [0, 0.1) is 0 Å². The Bertz CT molecular complexity index is 515. The van der Waals surface area contributed by atoms with Gasteiger partial charge < -0.3 is 26.8 Å². The number of hydrogen-bond acceptors (Lipinski definition) is 6. The van der Waals surface area contributed by atoms with Crippen LogP contribution in [0.4, 0.5) is 26.3 Å². The molecular weight excluding hydrogens is 414 g/mol. The predicted molar refractivity (Wildman–Crippen MR) is 78.2 cm³/mol. The second kappa shape index (κ2) is 13.4. The number of aliphatic imine (C=N–C) groups is 1. The highest BCUT2D eigenvalue weighted by Gasteiger charge is 2.38. The lowest BCUT2D eigenvalue weighted by Crippen LogP contribution is -2.32. The van der Waals surface area contributed by atoms with E-state index in [-0.39, 0.29) is 12.0 Å². The van der Waals surface area contributed by atoms with Crippen molar-refractivity contribution in [2.24, 2.45) is 16.5 Å². The van der Waals surface area contributed by atoms with Crippen LogP contribution in [0.1, 0.15) is 19.8 Å². The molecule has 0 radical (unpaired) electrons. The number of alkyl halides is 6. The molecule has 0 heterocycles. The lowest BCUT2D eigenvalue weighted by molar-refractivity contribution is -0.193. The minimum absolute atomic E-state index is 0.0959. The second-order valence-electron chi connectivity index (χ2n) is 4.60. The first-order valence-electron chi connectivity index (χ1n) is 6.68. The molecule has 0 rings (SSSR count). The van der Waals surface area contributed by atoms with Gasteiger partial charge in [0, 0.05) is 0 Å². The SMILES string of the molecule is C[C@H](CC[C@H](N)C(=O)O)N=C(N)NO.O=C(O)C(F)(F)F.O=C(O)C(F)(F)F. The molecule has 0 saturated carbocycles. The molecule has 0 aliphatic rings. The van der Waals surface area contributed by atoms with Crippen molar-refractivity contribution in [2.45, 2.75) is 44.2 Å². The van der Waals surface area contributed by atoms with E-state index < -0.39 is 36.3 Å². The minimum Gasteiger partial charge on any atom is -0.480 e. The molecule has 0 aliphatic heterocycles. The van der Waals surface area contributed by atoms with Crippen LogP contribution in [0.3, 0.4) is 0 Å². The summed E-state index contributed by atoms with van der Waals surface area (Å²) in [6, 6.07) is -1.06. The van der Waals surface area contributed by atoms with Gasteiger partial charge in [0.2, 0.25) is 5.96 Å². The van der Waals surface area contributed by atoms with E-state index >= 15 is 0 Å². The van der Waals surface area contributed by atoms with Gasteiger partial charge in [-0.1, -0.05) is 0 Å². The van der Waals surface area contributed by atoms with Crippen LogP contribution in [-0.4, -0.2) is 68.8 Å². The number of halogens is 6. The second-order valence-corrected chi connectivity index (χ2v) is 4.60. The zero-order valence-corrected chi connectivity index (χ0v) is 14.0. The average molecular weight is 432 g/mol. The maximum absolute atomic E-state index is 10.6. The summed E-state index contributed by atoms with van der Waals surface area (Å²) in [5, 5.41) is 31.1. The number of carbonyl (C=O) groups is 3. The largest absolute Gasteiger partial charge is 0.490 e. The Morgan fingerprint density at radius 2 is 1.29 bits per heavy atom. The number of nitrogens with zero attached hydrogens (tertiary/aromatic N) is 1. The molecule has 0 aromatic heterocycles. The van der Waals surface area contributed by atoms with E-state index in [0.717, 1.165) is 0 Å². The van der Waals surface area contributed by atoms with E-state index in [1.165, 1.54) is 0 Å². The van der Waals surface area contributed by atoms with Crippen molar-refractivity contribution in [2.75, 3.05) is 0 Å². The highest BCUT2D eigenvalue weighted by Crippen LogP contribution is 2.13. The van der Waals surface area contributed by atoms with Gasteiger partial charge in [0.05, 0.1) is 6.04 Å². The number of carboxylic acid groups (broad SMARTS) is 3. The number of carboxylic acids is 3. The number of guanidine groups is 1. The van der Waals surface area contributed by atoms with Gasteiger partial charge in [-0.15, -0.1) is 0 Å². The zero-order chi connectivity index (χ0) is 23.3. The highest BCUT2D eigenvalue weighted by atomic mass is 19.4. The first-order valence-corrected chi connectivity index (χ1v) is 6.68. The normalized spacial score (nSPS) is 13.7. The van der Waals surface area contributed by atoms with Crippen molar-refractivity contribution < 1.29 is 61.3 Å². The molecule has 0 bridgehead atoms. The molecule has 28 heavy (non-hydrogen) atoms. The summed E-state index contributed by atoms with van der Waals surface area (Å²) in [4.78, 5) is 32.0. The van der Waals surface area contributed by atoms with Gasteiger partial charge in [0.25, 0.3) is 0 Å². The Balaban J connectivity index is -0.000000375. The van der Waals surface area contributed by atoms with Crippen molar-refractivity contribution in [3.63, 3.8) is 0 Å². The van der Waals surface area contributed by atoms with Crippen molar-refractivity contribution >= 4 is 23.9 Å². The van der Waals surface area contributed by atoms with Crippen LogP contribution in [0.2, 0.25) is 0 Å². The number of nitrogens with two attached hydrogens (primary N) is 2. The van der Waals surface area contributed by atoms with Gasteiger partial charge in [0.1, 0.15) is 6.04 Å². The fourth-order valence-electron chi connectivity index (χ4n) is 0.875. The Labute approximate surface area is 152 Å². The van der Waals surface area contributed by atoms with E-state index in [2.05, 4.69) is 4.99 Å². The molecular formula is C11H18F6N4O7. The minimum atomic E-state index is -5.08. The monoisotopic (exact) mass is 432 g/mol. The fraction of sp³-hybridized carbons (Fsp3) is 0.636. The van der Waals surface area contributed by atoms with Gasteiger partial charge in [-0.3, -0.25) is 10.0 Å². The summed E-state index contributed by atoms with van der Waals surface area (Å²) in [5.74, 6) is -6.64. The van der Waals surface area contributed by atoms with E-state index in [9.17, 15) is 31.1 Å². The van der Waals surface area contributed by atoms with Gasteiger partial charge >= 0.3 is 30.3 Å². The zero-order valence-electron chi connectivity index (χ0n) is 14.0. The number of rotatable bonds is 5. The molecule has 0 spiro atoms. The molecule has 166 valence electrons. The fourth-order valence-corrected chi connectivity index (χ4v) is 0.875. The smallest absolute Gasteiger partial charge is 0.480 e. The van der Waals surface area contributed by atoms with Gasteiger partial charge in [-0.25, -0.2) is 20.1 Å².